The number of carbonyl (C=O) groups excluding carboxylic acids is 2. The zero-order valence-electron chi connectivity index (χ0n) is 8.63. The van der Waals surface area contributed by atoms with E-state index in [0.717, 1.165) is 6.42 Å². The zero-order chi connectivity index (χ0) is 9.97. The third-order valence-corrected chi connectivity index (χ3v) is 3.74. The van der Waals surface area contributed by atoms with Gasteiger partial charge in [-0.2, -0.15) is 0 Å². The quantitative estimate of drug-likeness (QED) is 0.601. The number of hydrogen-bond donors (Lipinski definition) is 0. The van der Waals surface area contributed by atoms with Crippen LogP contribution in [0.4, 0.5) is 0 Å². The van der Waals surface area contributed by atoms with Crippen molar-refractivity contribution < 1.29 is 9.59 Å². The molecule has 2 rings (SSSR count). The Morgan fingerprint density at radius 2 is 1.64 bits per heavy atom. The van der Waals surface area contributed by atoms with Crippen LogP contribution in [-0.2, 0) is 9.59 Å². The average molecular weight is 194 g/mol. The Kier molecular flexibility index (Phi) is 2.99. The maximum atomic E-state index is 11.7. The Labute approximate surface area is 85.1 Å². The van der Waals surface area contributed by atoms with Crippen molar-refractivity contribution in [3.63, 3.8) is 0 Å². The highest BCUT2D eigenvalue weighted by atomic mass is 16.1. The van der Waals surface area contributed by atoms with Crippen LogP contribution >= 0.6 is 0 Å². The molecule has 14 heavy (non-hydrogen) atoms. The predicted octanol–water partition coefficient (Wildman–Crippen LogP) is 2.51. The SMILES string of the molecule is O=C1CCC(C2CCCCC2)C(=O)C1. The zero-order valence-corrected chi connectivity index (χ0v) is 8.63. The summed E-state index contributed by atoms with van der Waals surface area (Å²) < 4.78 is 0. The topological polar surface area (TPSA) is 34.1 Å². The third kappa shape index (κ3) is 2.05. The molecule has 0 aromatic rings. The first-order valence-electron chi connectivity index (χ1n) is 5.82. The summed E-state index contributed by atoms with van der Waals surface area (Å²) in [4.78, 5) is 22.8. The normalized spacial score (nSPS) is 30.7. The van der Waals surface area contributed by atoms with Crippen LogP contribution in [0.3, 0.4) is 0 Å². The Morgan fingerprint density at radius 1 is 0.929 bits per heavy atom. The molecule has 0 radical (unpaired) electrons. The molecular formula is C12H18O2. The summed E-state index contributed by atoms with van der Waals surface area (Å²) in [5.41, 5.74) is 0. The number of rotatable bonds is 1. The lowest BCUT2D eigenvalue weighted by Gasteiger charge is -2.31. The van der Waals surface area contributed by atoms with Gasteiger partial charge in [0.1, 0.15) is 11.6 Å². The Balaban J connectivity index is 1.95. The van der Waals surface area contributed by atoms with Crippen LogP contribution in [0.2, 0.25) is 0 Å². The van der Waals surface area contributed by atoms with Gasteiger partial charge in [0.25, 0.3) is 0 Å². The molecule has 2 aliphatic carbocycles. The number of Topliss-reactive ketones (excluding diaryl/α,β-unsaturated/α-hetero) is 2. The van der Waals surface area contributed by atoms with Crippen LogP contribution < -0.4 is 0 Å². The van der Waals surface area contributed by atoms with Gasteiger partial charge in [0.2, 0.25) is 0 Å². The molecule has 2 nitrogen and oxygen atoms in total. The van der Waals surface area contributed by atoms with E-state index in [1.807, 2.05) is 0 Å². The monoisotopic (exact) mass is 194 g/mol. The molecule has 78 valence electrons. The van der Waals surface area contributed by atoms with Gasteiger partial charge in [0.15, 0.2) is 0 Å². The van der Waals surface area contributed by atoms with E-state index in [0.29, 0.717) is 12.3 Å². The molecule has 0 N–H and O–H groups in total. The molecule has 2 aliphatic rings. The van der Waals surface area contributed by atoms with E-state index in [9.17, 15) is 9.59 Å². The molecule has 0 bridgehead atoms. The fourth-order valence-electron chi connectivity index (χ4n) is 2.93. The van der Waals surface area contributed by atoms with Crippen molar-refractivity contribution in [1.29, 1.82) is 0 Å². The summed E-state index contributed by atoms with van der Waals surface area (Å²) >= 11 is 0. The smallest absolute Gasteiger partial charge is 0.143 e. The van der Waals surface area contributed by atoms with Crippen LogP contribution in [-0.4, -0.2) is 11.6 Å². The fraction of sp³-hybridized carbons (Fsp3) is 0.833. The van der Waals surface area contributed by atoms with E-state index in [1.165, 1.54) is 32.1 Å². The largest absolute Gasteiger partial charge is 0.299 e. The van der Waals surface area contributed by atoms with Gasteiger partial charge in [0, 0.05) is 12.3 Å². The Morgan fingerprint density at radius 3 is 2.29 bits per heavy atom. The van der Waals surface area contributed by atoms with Crippen LogP contribution in [0.5, 0.6) is 0 Å². The molecule has 0 aromatic carbocycles. The number of hydrogen-bond acceptors (Lipinski definition) is 2. The number of ketones is 2. The second kappa shape index (κ2) is 4.24. The van der Waals surface area contributed by atoms with Crippen molar-refractivity contribution >= 4 is 11.6 Å². The Bertz CT molecular complexity index is 239. The first-order valence-corrected chi connectivity index (χ1v) is 5.82. The van der Waals surface area contributed by atoms with Gasteiger partial charge in [-0.15, -0.1) is 0 Å². The first kappa shape index (κ1) is 9.88. The van der Waals surface area contributed by atoms with Crippen molar-refractivity contribution in [1.82, 2.24) is 0 Å². The molecule has 1 unspecified atom stereocenters. The van der Waals surface area contributed by atoms with E-state index in [4.69, 9.17) is 0 Å². The van der Waals surface area contributed by atoms with E-state index < -0.39 is 0 Å². The summed E-state index contributed by atoms with van der Waals surface area (Å²) in [6.07, 6.45) is 8.02. The molecule has 2 saturated carbocycles. The third-order valence-electron chi connectivity index (χ3n) is 3.74. The van der Waals surface area contributed by atoms with E-state index in [-0.39, 0.29) is 23.9 Å². The molecule has 0 saturated heterocycles. The van der Waals surface area contributed by atoms with Gasteiger partial charge in [0.05, 0.1) is 6.42 Å². The van der Waals surface area contributed by atoms with Gasteiger partial charge in [-0.05, 0) is 25.2 Å². The fourth-order valence-corrected chi connectivity index (χ4v) is 2.93. The highest BCUT2D eigenvalue weighted by molar-refractivity contribution is 6.02. The minimum Gasteiger partial charge on any atom is -0.299 e. The van der Waals surface area contributed by atoms with Crippen molar-refractivity contribution in [3.8, 4) is 0 Å². The highest BCUT2D eigenvalue weighted by Crippen LogP contribution is 2.35. The molecular weight excluding hydrogens is 176 g/mol. The molecule has 0 heterocycles. The molecule has 0 amide bonds. The molecule has 0 aliphatic heterocycles. The molecule has 0 spiro atoms. The standard InChI is InChI=1S/C12H18O2/c13-10-6-7-11(12(14)8-10)9-4-2-1-3-5-9/h9,11H,1-8H2. The lowest BCUT2D eigenvalue weighted by atomic mass is 9.72. The van der Waals surface area contributed by atoms with Crippen LogP contribution in [0.25, 0.3) is 0 Å². The molecule has 1 atom stereocenters. The molecule has 2 heteroatoms. The van der Waals surface area contributed by atoms with Crippen molar-refractivity contribution in [3.05, 3.63) is 0 Å². The van der Waals surface area contributed by atoms with E-state index in [1.54, 1.807) is 0 Å². The van der Waals surface area contributed by atoms with Gasteiger partial charge in [-0.3, -0.25) is 9.59 Å². The minimum absolute atomic E-state index is 0.155. The Hall–Kier alpha value is -0.660. The van der Waals surface area contributed by atoms with Gasteiger partial charge < -0.3 is 0 Å². The van der Waals surface area contributed by atoms with Gasteiger partial charge in [-0.25, -0.2) is 0 Å². The number of carbonyl (C=O) groups is 2. The predicted molar refractivity (Wildman–Crippen MR) is 53.9 cm³/mol. The minimum atomic E-state index is 0.155. The summed E-state index contributed by atoms with van der Waals surface area (Å²) in [5.74, 6) is 1.22. The first-order chi connectivity index (χ1) is 6.77. The average Bonchev–Trinajstić information content (AvgIpc) is 2.19. The maximum absolute atomic E-state index is 11.7. The summed E-state index contributed by atoms with van der Waals surface area (Å²) in [7, 11) is 0. The second-order valence-corrected chi connectivity index (χ2v) is 4.73. The van der Waals surface area contributed by atoms with Crippen LogP contribution in [0, 0.1) is 11.8 Å². The van der Waals surface area contributed by atoms with E-state index in [2.05, 4.69) is 0 Å². The highest BCUT2D eigenvalue weighted by Gasteiger charge is 2.33. The molecule has 0 aromatic heterocycles. The van der Waals surface area contributed by atoms with Crippen molar-refractivity contribution in [2.45, 2.75) is 51.4 Å². The maximum Gasteiger partial charge on any atom is 0.143 e. The summed E-state index contributed by atoms with van der Waals surface area (Å²) in [5, 5.41) is 0. The van der Waals surface area contributed by atoms with E-state index >= 15 is 0 Å². The van der Waals surface area contributed by atoms with Crippen LogP contribution in [0.1, 0.15) is 51.4 Å². The van der Waals surface area contributed by atoms with Crippen molar-refractivity contribution in [2.24, 2.45) is 11.8 Å². The lowest BCUT2D eigenvalue weighted by Crippen LogP contribution is -2.31. The lowest BCUT2D eigenvalue weighted by molar-refractivity contribution is -0.134. The van der Waals surface area contributed by atoms with Crippen molar-refractivity contribution in [2.75, 3.05) is 0 Å². The summed E-state index contributed by atoms with van der Waals surface area (Å²) in [6.45, 7) is 0. The summed E-state index contributed by atoms with van der Waals surface area (Å²) in [6, 6.07) is 0. The van der Waals surface area contributed by atoms with Gasteiger partial charge >= 0.3 is 0 Å². The second-order valence-electron chi connectivity index (χ2n) is 4.73. The van der Waals surface area contributed by atoms with Gasteiger partial charge in [-0.1, -0.05) is 19.3 Å². The molecule has 2 fully saturated rings. The van der Waals surface area contributed by atoms with Crippen LogP contribution in [0.15, 0.2) is 0 Å².